The molecule has 22 heavy (non-hydrogen) atoms. The predicted molar refractivity (Wildman–Crippen MR) is 99.7 cm³/mol. The maximum absolute atomic E-state index is 6.97. The van der Waals surface area contributed by atoms with Gasteiger partial charge in [-0.05, 0) is 24.2 Å². The minimum atomic E-state index is 0.474. The van der Waals surface area contributed by atoms with Gasteiger partial charge < -0.3 is 0 Å². The van der Waals surface area contributed by atoms with Crippen molar-refractivity contribution in [2.75, 3.05) is 0 Å². The number of rotatable bonds is 11. The Morgan fingerprint density at radius 3 is 1.68 bits per heavy atom. The summed E-state index contributed by atoms with van der Waals surface area (Å²) in [5.74, 6) is 2.79. The highest BCUT2D eigenvalue weighted by Crippen LogP contribution is 2.45. The summed E-state index contributed by atoms with van der Waals surface area (Å²) in [4.78, 5) is 0. The number of alkyl halides is 1. The fourth-order valence-corrected chi connectivity index (χ4v) is 5.71. The molecule has 0 amide bonds. The third-order valence-electron chi connectivity index (χ3n) is 6.39. The third-order valence-corrected chi connectivity index (χ3v) is 6.90. The lowest BCUT2D eigenvalue weighted by molar-refractivity contribution is 0.215. The van der Waals surface area contributed by atoms with Crippen LogP contribution in [0.2, 0.25) is 0 Å². The smallest absolute Gasteiger partial charge is 0.0369 e. The van der Waals surface area contributed by atoms with E-state index in [-0.39, 0.29) is 0 Å². The van der Waals surface area contributed by atoms with Crippen LogP contribution in [0.1, 0.15) is 110 Å². The second kappa shape index (κ2) is 11.0. The van der Waals surface area contributed by atoms with Gasteiger partial charge in [-0.25, -0.2) is 0 Å². The minimum absolute atomic E-state index is 0.474. The van der Waals surface area contributed by atoms with Gasteiger partial charge in [-0.3, -0.25) is 0 Å². The van der Waals surface area contributed by atoms with Gasteiger partial charge in [0.1, 0.15) is 0 Å². The fraction of sp³-hybridized carbons (Fsp3) is 1.00. The number of unbranched alkanes of at least 4 members (excludes halogenated alkanes) is 6. The van der Waals surface area contributed by atoms with Crippen molar-refractivity contribution in [1.82, 2.24) is 0 Å². The van der Waals surface area contributed by atoms with Gasteiger partial charge in [0.25, 0.3) is 0 Å². The quantitative estimate of drug-likeness (QED) is 0.269. The molecule has 2 aliphatic carbocycles. The Morgan fingerprint density at radius 1 is 0.727 bits per heavy atom. The van der Waals surface area contributed by atoms with E-state index in [0.29, 0.717) is 5.38 Å². The summed E-state index contributed by atoms with van der Waals surface area (Å²) < 4.78 is 0. The van der Waals surface area contributed by atoms with Gasteiger partial charge in [-0.15, -0.1) is 11.6 Å². The normalized spacial score (nSPS) is 22.0. The van der Waals surface area contributed by atoms with Crippen LogP contribution in [0.3, 0.4) is 0 Å². The zero-order chi connectivity index (χ0) is 15.6. The van der Waals surface area contributed by atoms with Crippen molar-refractivity contribution in [3.8, 4) is 0 Å². The summed E-state index contributed by atoms with van der Waals surface area (Å²) in [6.07, 6.45) is 22.9. The van der Waals surface area contributed by atoms with E-state index in [2.05, 4.69) is 6.92 Å². The fourth-order valence-electron chi connectivity index (χ4n) is 5.15. The topological polar surface area (TPSA) is 0 Å². The SMILES string of the molecule is CCCCCCCCCC(Cl)C(C1CCCC1)C1CCCC1. The number of halogens is 1. The van der Waals surface area contributed by atoms with Crippen LogP contribution in [-0.4, -0.2) is 5.38 Å². The van der Waals surface area contributed by atoms with E-state index in [1.165, 1.54) is 103 Å². The molecule has 0 aromatic rings. The molecular weight excluding hydrogens is 288 g/mol. The lowest BCUT2D eigenvalue weighted by Gasteiger charge is -2.33. The molecule has 0 aromatic carbocycles. The molecule has 0 bridgehead atoms. The van der Waals surface area contributed by atoms with Gasteiger partial charge in [-0.1, -0.05) is 103 Å². The molecule has 2 rings (SSSR count). The summed E-state index contributed by atoms with van der Waals surface area (Å²) in [6, 6.07) is 0. The van der Waals surface area contributed by atoms with E-state index in [0.717, 1.165) is 17.8 Å². The van der Waals surface area contributed by atoms with Crippen LogP contribution in [0.4, 0.5) is 0 Å². The zero-order valence-electron chi connectivity index (χ0n) is 15.0. The van der Waals surface area contributed by atoms with Crippen molar-refractivity contribution in [2.45, 2.75) is 115 Å². The maximum atomic E-state index is 6.97. The number of hydrogen-bond acceptors (Lipinski definition) is 0. The largest absolute Gasteiger partial charge is 0.123 e. The van der Waals surface area contributed by atoms with Crippen LogP contribution >= 0.6 is 11.6 Å². The molecule has 0 aliphatic heterocycles. The van der Waals surface area contributed by atoms with E-state index < -0.39 is 0 Å². The Hall–Kier alpha value is 0.290. The summed E-state index contributed by atoms with van der Waals surface area (Å²) in [5.41, 5.74) is 0. The third kappa shape index (κ3) is 6.06. The van der Waals surface area contributed by atoms with Gasteiger partial charge in [0, 0.05) is 5.38 Å². The van der Waals surface area contributed by atoms with Gasteiger partial charge in [0.05, 0.1) is 0 Å². The van der Waals surface area contributed by atoms with Crippen molar-refractivity contribution in [2.24, 2.45) is 17.8 Å². The molecule has 1 heteroatoms. The first-order chi connectivity index (χ1) is 10.8. The molecule has 0 nitrogen and oxygen atoms in total. The molecule has 0 N–H and O–H groups in total. The Balaban J connectivity index is 1.68. The van der Waals surface area contributed by atoms with Crippen LogP contribution in [0.25, 0.3) is 0 Å². The van der Waals surface area contributed by atoms with E-state index in [1.54, 1.807) is 0 Å². The molecule has 0 radical (unpaired) electrons. The first kappa shape index (κ1) is 18.6. The van der Waals surface area contributed by atoms with Crippen molar-refractivity contribution in [3.63, 3.8) is 0 Å². The van der Waals surface area contributed by atoms with Crippen molar-refractivity contribution in [1.29, 1.82) is 0 Å². The second-order valence-corrected chi connectivity index (χ2v) is 8.65. The maximum Gasteiger partial charge on any atom is 0.0369 e. The second-order valence-electron chi connectivity index (χ2n) is 8.09. The molecule has 0 aromatic heterocycles. The van der Waals surface area contributed by atoms with E-state index in [1.807, 2.05) is 0 Å². The van der Waals surface area contributed by atoms with Crippen LogP contribution in [-0.2, 0) is 0 Å². The lowest BCUT2D eigenvalue weighted by Crippen LogP contribution is -2.29. The molecule has 0 heterocycles. The minimum Gasteiger partial charge on any atom is -0.123 e. The zero-order valence-corrected chi connectivity index (χ0v) is 15.8. The summed E-state index contributed by atoms with van der Waals surface area (Å²) in [5, 5.41) is 0.474. The average molecular weight is 327 g/mol. The van der Waals surface area contributed by atoms with Crippen molar-refractivity contribution < 1.29 is 0 Å². The molecule has 130 valence electrons. The van der Waals surface area contributed by atoms with Crippen molar-refractivity contribution in [3.05, 3.63) is 0 Å². The first-order valence-electron chi connectivity index (χ1n) is 10.5. The Morgan fingerprint density at radius 2 is 1.18 bits per heavy atom. The van der Waals surface area contributed by atoms with Crippen LogP contribution in [0, 0.1) is 17.8 Å². The van der Waals surface area contributed by atoms with Crippen LogP contribution in [0.5, 0.6) is 0 Å². The molecule has 1 atom stereocenters. The highest BCUT2D eigenvalue weighted by atomic mass is 35.5. The average Bonchev–Trinajstić information content (AvgIpc) is 3.21. The van der Waals surface area contributed by atoms with E-state index in [4.69, 9.17) is 11.6 Å². The van der Waals surface area contributed by atoms with Crippen LogP contribution in [0.15, 0.2) is 0 Å². The van der Waals surface area contributed by atoms with Gasteiger partial charge in [0.2, 0.25) is 0 Å². The monoisotopic (exact) mass is 326 g/mol. The predicted octanol–water partition coefficient (Wildman–Crippen LogP) is 7.73. The Kier molecular flexibility index (Phi) is 9.27. The molecular formula is C21H39Cl. The standard InChI is InChI=1S/C21H39Cl/c1-2-3-4-5-6-7-8-17-20(22)21(18-13-9-10-14-18)19-15-11-12-16-19/h18-21H,2-17H2,1H3. The van der Waals surface area contributed by atoms with Crippen LogP contribution < -0.4 is 0 Å². The highest BCUT2D eigenvalue weighted by molar-refractivity contribution is 6.20. The molecule has 0 saturated heterocycles. The lowest BCUT2D eigenvalue weighted by atomic mass is 9.76. The molecule has 2 saturated carbocycles. The molecule has 1 unspecified atom stereocenters. The molecule has 0 spiro atoms. The van der Waals surface area contributed by atoms with Crippen molar-refractivity contribution >= 4 is 11.6 Å². The van der Waals surface area contributed by atoms with Gasteiger partial charge in [0.15, 0.2) is 0 Å². The molecule has 2 fully saturated rings. The number of hydrogen-bond donors (Lipinski definition) is 0. The summed E-state index contributed by atoms with van der Waals surface area (Å²) >= 11 is 6.97. The van der Waals surface area contributed by atoms with E-state index >= 15 is 0 Å². The molecule has 2 aliphatic rings. The van der Waals surface area contributed by atoms with E-state index in [9.17, 15) is 0 Å². The summed E-state index contributed by atoms with van der Waals surface area (Å²) in [6.45, 7) is 2.30. The Bertz CT molecular complexity index is 247. The van der Waals surface area contributed by atoms with Gasteiger partial charge in [-0.2, -0.15) is 0 Å². The summed E-state index contributed by atoms with van der Waals surface area (Å²) in [7, 11) is 0. The van der Waals surface area contributed by atoms with Gasteiger partial charge >= 0.3 is 0 Å². The highest BCUT2D eigenvalue weighted by Gasteiger charge is 2.37. The first-order valence-corrected chi connectivity index (χ1v) is 10.9. The Labute approximate surface area is 144 Å².